The highest BCUT2D eigenvalue weighted by molar-refractivity contribution is 6.49. The molecule has 2 aromatic rings. The second-order valence-corrected chi connectivity index (χ2v) is 4.90. The zero-order valence-corrected chi connectivity index (χ0v) is 11.7. The summed E-state index contributed by atoms with van der Waals surface area (Å²) in [6.07, 6.45) is -3.98. The van der Waals surface area contributed by atoms with Gasteiger partial charge in [0.05, 0.1) is 20.6 Å². The van der Waals surface area contributed by atoms with E-state index in [9.17, 15) is 17.6 Å². The Hall–Kier alpha value is -1.04. The largest absolute Gasteiger partial charge is 0.419 e. The van der Waals surface area contributed by atoms with Crippen molar-refractivity contribution in [2.24, 2.45) is 0 Å². The Morgan fingerprint density at radius 2 is 1.60 bits per heavy atom. The van der Waals surface area contributed by atoms with E-state index in [4.69, 9.17) is 34.8 Å². The van der Waals surface area contributed by atoms with Crippen LogP contribution in [0.15, 0.2) is 24.4 Å². The summed E-state index contributed by atoms with van der Waals surface area (Å²) in [7, 11) is 0. The van der Waals surface area contributed by atoms with Crippen LogP contribution >= 0.6 is 34.8 Å². The molecule has 1 aromatic heterocycles. The van der Waals surface area contributed by atoms with Crippen LogP contribution in [0.3, 0.4) is 0 Å². The summed E-state index contributed by atoms with van der Waals surface area (Å²) in [5.41, 5.74) is -2.03. The normalized spacial score (nSPS) is 11.8. The van der Waals surface area contributed by atoms with Gasteiger partial charge in [-0.1, -0.05) is 34.8 Å². The number of benzene rings is 1. The molecule has 0 spiro atoms. The van der Waals surface area contributed by atoms with Gasteiger partial charge in [-0.05, 0) is 18.2 Å². The molecule has 0 aliphatic carbocycles. The van der Waals surface area contributed by atoms with Crippen LogP contribution in [-0.2, 0) is 6.18 Å². The van der Waals surface area contributed by atoms with Gasteiger partial charge >= 0.3 is 6.18 Å². The maximum Gasteiger partial charge on any atom is 0.419 e. The lowest BCUT2D eigenvalue weighted by atomic mass is 10.1. The average Bonchev–Trinajstić information content (AvgIpc) is 2.36. The summed E-state index contributed by atoms with van der Waals surface area (Å²) in [5, 5.41) is -0.137. The Kier molecular flexibility index (Phi) is 4.14. The minimum absolute atomic E-state index is 0.0651. The minimum atomic E-state index is -4.83. The van der Waals surface area contributed by atoms with Gasteiger partial charge in [0.25, 0.3) is 0 Å². The zero-order chi connectivity index (χ0) is 15.1. The van der Waals surface area contributed by atoms with Crippen molar-refractivity contribution in [3.63, 3.8) is 0 Å². The molecule has 0 saturated heterocycles. The van der Waals surface area contributed by atoms with Crippen LogP contribution in [0.1, 0.15) is 5.56 Å². The predicted octanol–water partition coefficient (Wildman–Crippen LogP) is 5.87. The molecule has 2 rings (SSSR count). The third-order valence-electron chi connectivity index (χ3n) is 2.48. The van der Waals surface area contributed by atoms with Crippen LogP contribution in [0.5, 0.6) is 0 Å². The maximum atomic E-state index is 13.9. The average molecular weight is 345 g/mol. The second kappa shape index (κ2) is 5.39. The molecule has 0 N–H and O–H groups in total. The summed E-state index contributed by atoms with van der Waals surface area (Å²) in [5.74, 6) is -1.51. The minimum Gasteiger partial charge on any atom is -0.253 e. The summed E-state index contributed by atoms with van der Waals surface area (Å²) in [4.78, 5) is 3.59. The molecule has 1 aromatic carbocycles. The van der Waals surface area contributed by atoms with E-state index in [1.165, 1.54) is 12.1 Å². The van der Waals surface area contributed by atoms with E-state index < -0.39 is 23.3 Å². The smallest absolute Gasteiger partial charge is 0.253 e. The van der Waals surface area contributed by atoms with Crippen LogP contribution < -0.4 is 0 Å². The van der Waals surface area contributed by atoms with Crippen LogP contribution in [0, 0.1) is 5.82 Å². The molecule has 0 amide bonds. The van der Waals surface area contributed by atoms with Crippen molar-refractivity contribution in [3.05, 3.63) is 50.8 Å². The van der Waals surface area contributed by atoms with E-state index in [0.29, 0.717) is 6.07 Å². The first-order valence-corrected chi connectivity index (χ1v) is 6.22. The Balaban J connectivity index is 2.69. The molecule has 1 nitrogen and oxygen atoms in total. The first kappa shape index (κ1) is 15.4. The first-order chi connectivity index (χ1) is 9.23. The lowest BCUT2D eigenvalue weighted by Gasteiger charge is -2.12. The van der Waals surface area contributed by atoms with Crippen LogP contribution in [0.2, 0.25) is 15.1 Å². The molecule has 1 heterocycles. The first-order valence-electron chi connectivity index (χ1n) is 5.09. The molecule has 106 valence electrons. The SMILES string of the molecule is Fc1c(C(F)(F)F)ccnc1-c1ccc(Cl)c(Cl)c1Cl. The monoisotopic (exact) mass is 343 g/mol. The quantitative estimate of drug-likeness (QED) is 0.466. The Morgan fingerprint density at radius 1 is 0.950 bits per heavy atom. The van der Waals surface area contributed by atoms with E-state index in [1.54, 1.807) is 0 Å². The van der Waals surface area contributed by atoms with Gasteiger partial charge in [0.1, 0.15) is 5.69 Å². The van der Waals surface area contributed by atoms with Crippen molar-refractivity contribution in [2.45, 2.75) is 6.18 Å². The molecule has 0 fully saturated rings. The van der Waals surface area contributed by atoms with Gasteiger partial charge in [-0.25, -0.2) is 4.39 Å². The predicted molar refractivity (Wildman–Crippen MR) is 69.7 cm³/mol. The fourth-order valence-corrected chi connectivity index (χ4v) is 2.18. The van der Waals surface area contributed by atoms with Gasteiger partial charge in [-0.3, -0.25) is 4.98 Å². The van der Waals surface area contributed by atoms with Crippen LogP contribution in [-0.4, -0.2) is 4.98 Å². The van der Waals surface area contributed by atoms with E-state index in [2.05, 4.69) is 4.98 Å². The molecule has 0 radical (unpaired) electrons. The summed E-state index contributed by atoms with van der Waals surface area (Å²) in [6, 6.07) is 3.10. The zero-order valence-electron chi connectivity index (χ0n) is 9.40. The lowest BCUT2D eigenvalue weighted by molar-refractivity contribution is -0.140. The topological polar surface area (TPSA) is 12.9 Å². The molecule has 20 heavy (non-hydrogen) atoms. The Bertz CT molecular complexity index is 670. The number of nitrogens with zero attached hydrogens (tertiary/aromatic N) is 1. The number of rotatable bonds is 1. The number of halogens is 7. The summed E-state index contributed by atoms with van der Waals surface area (Å²) >= 11 is 17.4. The molecule has 0 aliphatic rings. The van der Waals surface area contributed by atoms with Crippen molar-refractivity contribution in [1.29, 1.82) is 0 Å². The molecule has 0 unspecified atom stereocenters. The summed E-state index contributed by atoms with van der Waals surface area (Å²) < 4.78 is 51.9. The standard InChI is InChI=1S/C12H4Cl3F4N/c13-7-2-1-5(8(14)9(7)15)11-10(16)6(3-4-20-11)12(17,18)19/h1-4H. The fourth-order valence-electron chi connectivity index (χ4n) is 1.56. The molecular weight excluding hydrogens is 340 g/mol. The highest BCUT2D eigenvalue weighted by Gasteiger charge is 2.35. The van der Waals surface area contributed by atoms with Crippen molar-refractivity contribution >= 4 is 34.8 Å². The molecule has 0 saturated carbocycles. The second-order valence-electron chi connectivity index (χ2n) is 3.74. The van der Waals surface area contributed by atoms with E-state index in [-0.39, 0.29) is 20.6 Å². The lowest BCUT2D eigenvalue weighted by Crippen LogP contribution is -2.09. The highest BCUT2D eigenvalue weighted by Crippen LogP contribution is 2.40. The van der Waals surface area contributed by atoms with E-state index in [1.807, 2.05) is 0 Å². The van der Waals surface area contributed by atoms with Gasteiger partial charge < -0.3 is 0 Å². The fraction of sp³-hybridized carbons (Fsp3) is 0.0833. The third kappa shape index (κ3) is 2.71. The summed E-state index contributed by atoms with van der Waals surface area (Å²) in [6.45, 7) is 0. The van der Waals surface area contributed by atoms with E-state index >= 15 is 0 Å². The van der Waals surface area contributed by atoms with Gasteiger partial charge in [0.2, 0.25) is 0 Å². The van der Waals surface area contributed by atoms with Gasteiger partial charge in [-0.2, -0.15) is 13.2 Å². The van der Waals surface area contributed by atoms with Crippen molar-refractivity contribution in [3.8, 4) is 11.3 Å². The van der Waals surface area contributed by atoms with Gasteiger partial charge in [0, 0.05) is 11.8 Å². The van der Waals surface area contributed by atoms with Gasteiger partial charge in [-0.15, -0.1) is 0 Å². The number of hydrogen-bond acceptors (Lipinski definition) is 1. The number of hydrogen-bond donors (Lipinski definition) is 0. The van der Waals surface area contributed by atoms with Crippen molar-refractivity contribution in [2.75, 3.05) is 0 Å². The van der Waals surface area contributed by atoms with Crippen LogP contribution in [0.25, 0.3) is 11.3 Å². The number of aromatic nitrogens is 1. The van der Waals surface area contributed by atoms with Crippen LogP contribution in [0.4, 0.5) is 17.6 Å². The molecule has 0 atom stereocenters. The molecule has 0 aliphatic heterocycles. The molecule has 0 bridgehead atoms. The Labute approximate surface area is 126 Å². The molecular formula is C12H4Cl3F4N. The van der Waals surface area contributed by atoms with Gasteiger partial charge in [0.15, 0.2) is 5.82 Å². The molecule has 8 heteroatoms. The third-order valence-corrected chi connectivity index (χ3v) is 3.78. The van der Waals surface area contributed by atoms with E-state index in [0.717, 1.165) is 6.20 Å². The number of pyridine rings is 1. The number of alkyl halides is 3. The Morgan fingerprint density at radius 3 is 2.20 bits per heavy atom. The maximum absolute atomic E-state index is 13.9. The van der Waals surface area contributed by atoms with Crippen molar-refractivity contribution < 1.29 is 17.6 Å². The van der Waals surface area contributed by atoms with Crippen molar-refractivity contribution in [1.82, 2.24) is 4.98 Å². The highest BCUT2D eigenvalue weighted by atomic mass is 35.5.